The maximum Gasteiger partial charge on any atom is 0.210 e. The van der Waals surface area contributed by atoms with Gasteiger partial charge in [-0.25, -0.2) is 0 Å². The van der Waals surface area contributed by atoms with E-state index in [1.165, 1.54) is 15.9 Å². The van der Waals surface area contributed by atoms with Crippen molar-refractivity contribution in [2.45, 2.75) is 19.4 Å². The molecule has 2 aromatic rings. The molecule has 1 aliphatic heterocycles. The van der Waals surface area contributed by atoms with E-state index in [4.69, 9.17) is 12.2 Å². The molecule has 0 atom stereocenters. The second kappa shape index (κ2) is 7.54. The second-order valence-electron chi connectivity index (χ2n) is 5.34. The van der Waals surface area contributed by atoms with E-state index in [0.717, 1.165) is 16.8 Å². The molecular formula is C17H14N3O3S2-. The Hall–Kier alpha value is -2.58. The molecule has 0 fully saturated rings. The number of thiazole rings is 1. The van der Waals surface area contributed by atoms with Crippen LogP contribution in [0.15, 0.2) is 46.1 Å². The monoisotopic (exact) mass is 372 g/mol. The molecule has 0 saturated heterocycles. The summed E-state index contributed by atoms with van der Waals surface area (Å²) >= 11 is 6.52. The van der Waals surface area contributed by atoms with Crippen LogP contribution in [-0.4, -0.2) is 27.6 Å². The molecule has 0 aliphatic carbocycles. The van der Waals surface area contributed by atoms with Crippen LogP contribution in [-0.2, 0) is 11.3 Å². The first kappa shape index (κ1) is 17.2. The molecule has 128 valence electrons. The first-order valence-electron chi connectivity index (χ1n) is 7.57. The number of carboxylic acids is 1. The van der Waals surface area contributed by atoms with E-state index >= 15 is 0 Å². The molecule has 0 saturated carbocycles. The fourth-order valence-corrected chi connectivity index (χ4v) is 3.73. The molecule has 1 aromatic carbocycles. The second-order valence-corrected chi connectivity index (χ2v) is 7.02. The van der Waals surface area contributed by atoms with E-state index in [-0.39, 0.29) is 12.3 Å². The van der Waals surface area contributed by atoms with Crippen LogP contribution in [0.2, 0.25) is 0 Å². The Morgan fingerprint density at radius 2 is 2.12 bits per heavy atom. The molecule has 0 amide bonds. The number of hydrogen-bond donors (Lipinski definition) is 1. The first-order valence-corrected chi connectivity index (χ1v) is 8.79. The highest BCUT2D eigenvalue weighted by molar-refractivity contribution is 7.73. The average Bonchev–Trinajstić information content (AvgIpc) is 3.15. The van der Waals surface area contributed by atoms with E-state index in [0.29, 0.717) is 21.8 Å². The lowest BCUT2D eigenvalue weighted by Gasteiger charge is -2.05. The minimum Gasteiger partial charge on any atom is -0.550 e. The summed E-state index contributed by atoms with van der Waals surface area (Å²) in [7, 11) is 0. The van der Waals surface area contributed by atoms with Gasteiger partial charge in [-0.05, 0) is 31.1 Å². The molecule has 0 radical (unpaired) electrons. The number of carbonyl (C=O) groups excluding carboxylic acids is 1. The van der Waals surface area contributed by atoms with Crippen molar-refractivity contribution in [2.24, 2.45) is 10.2 Å². The van der Waals surface area contributed by atoms with E-state index in [9.17, 15) is 15.0 Å². The summed E-state index contributed by atoms with van der Waals surface area (Å²) in [4.78, 5) is 11.1. The number of nitrogens with zero attached hydrogens (tertiary/aromatic N) is 3. The van der Waals surface area contributed by atoms with Gasteiger partial charge in [0.1, 0.15) is 5.71 Å². The third-order valence-electron chi connectivity index (χ3n) is 3.62. The minimum atomic E-state index is -1.12. The maximum atomic E-state index is 10.5. The summed E-state index contributed by atoms with van der Waals surface area (Å²) in [5.41, 5.74) is 2.44. The van der Waals surface area contributed by atoms with Gasteiger partial charge in [-0.1, -0.05) is 30.3 Å². The van der Waals surface area contributed by atoms with Crippen LogP contribution < -0.4 is 5.11 Å². The highest BCUT2D eigenvalue weighted by atomic mass is 32.1. The third-order valence-corrected chi connectivity index (χ3v) is 5.00. The van der Waals surface area contributed by atoms with Gasteiger partial charge in [0.05, 0.1) is 11.1 Å². The Bertz CT molecular complexity index is 940. The highest BCUT2D eigenvalue weighted by Gasteiger charge is 2.16. The number of hydrogen-bond acceptors (Lipinski definition) is 7. The van der Waals surface area contributed by atoms with Crippen LogP contribution in [0.1, 0.15) is 23.3 Å². The van der Waals surface area contributed by atoms with Crippen molar-refractivity contribution in [3.05, 3.63) is 50.3 Å². The zero-order valence-corrected chi connectivity index (χ0v) is 14.7. The molecule has 1 aromatic heterocycles. The summed E-state index contributed by atoms with van der Waals surface area (Å²) in [5, 5.41) is 29.0. The van der Waals surface area contributed by atoms with Gasteiger partial charge in [-0.2, -0.15) is 5.10 Å². The van der Waals surface area contributed by atoms with Gasteiger partial charge >= 0.3 is 0 Å². The molecule has 1 aliphatic rings. The fraction of sp³-hybridized carbons (Fsp3) is 0.176. The number of carbonyl (C=O) groups is 1. The zero-order chi connectivity index (χ0) is 17.8. The molecule has 2 heterocycles. The number of aliphatic carboxylic acids is 1. The third kappa shape index (κ3) is 3.92. The number of benzene rings is 1. The lowest BCUT2D eigenvalue weighted by molar-refractivity contribution is -0.305. The SMILES string of the molecule is O=C([O-])CCCn1c(O)c(/C=C2\C=NN=C2c2ccccc2)sc1=S. The van der Waals surface area contributed by atoms with Crippen molar-refractivity contribution in [1.29, 1.82) is 0 Å². The molecule has 25 heavy (non-hydrogen) atoms. The van der Waals surface area contributed by atoms with Crippen LogP contribution in [0.25, 0.3) is 6.08 Å². The van der Waals surface area contributed by atoms with Gasteiger partial charge in [-0.3, -0.25) is 4.57 Å². The predicted octanol–water partition coefficient (Wildman–Crippen LogP) is 2.39. The maximum absolute atomic E-state index is 10.5. The first-order chi connectivity index (χ1) is 12.1. The van der Waals surface area contributed by atoms with Crippen molar-refractivity contribution in [3.63, 3.8) is 0 Å². The molecule has 0 spiro atoms. The van der Waals surface area contributed by atoms with Gasteiger partial charge in [-0.15, -0.1) is 16.4 Å². The predicted molar refractivity (Wildman–Crippen MR) is 98.5 cm³/mol. The van der Waals surface area contributed by atoms with Gasteiger partial charge in [0, 0.05) is 23.7 Å². The Morgan fingerprint density at radius 1 is 1.36 bits per heavy atom. The number of rotatable bonds is 6. The van der Waals surface area contributed by atoms with Gasteiger partial charge in [0.2, 0.25) is 5.88 Å². The molecule has 8 heteroatoms. The van der Waals surface area contributed by atoms with Gasteiger partial charge in [0.25, 0.3) is 0 Å². The van der Waals surface area contributed by atoms with Crippen LogP contribution in [0.3, 0.4) is 0 Å². The highest BCUT2D eigenvalue weighted by Crippen LogP contribution is 2.30. The minimum absolute atomic E-state index is 0.0218. The van der Waals surface area contributed by atoms with Crippen LogP contribution >= 0.6 is 23.6 Å². The number of allylic oxidation sites excluding steroid dienone is 1. The lowest BCUT2D eigenvalue weighted by Crippen LogP contribution is -2.22. The van der Waals surface area contributed by atoms with Crippen LogP contribution in [0, 0.1) is 3.95 Å². The Kier molecular flexibility index (Phi) is 5.20. The molecule has 1 N–H and O–H groups in total. The summed E-state index contributed by atoms with van der Waals surface area (Å²) in [5.74, 6) is -1.09. The number of carboxylic acid groups (broad SMARTS) is 1. The molecule has 0 bridgehead atoms. The number of aromatic nitrogens is 1. The normalized spacial score (nSPS) is 14.9. The van der Waals surface area contributed by atoms with Gasteiger partial charge < -0.3 is 15.0 Å². The standard InChI is InChI=1S/C17H15N3O3S2/c21-14(22)7-4-8-20-16(23)13(25-17(20)24)9-12-10-18-19-15(12)11-5-2-1-3-6-11/h1-3,5-6,9-10,23H,4,7-8H2,(H,21,22)/p-1/b12-9+. The van der Waals surface area contributed by atoms with E-state index in [1.807, 2.05) is 30.3 Å². The molecular weight excluding hydrogens is 358 g/mol. The Morgan fingerprint density at radius 3 is 2.84 bits per heavy atom. The van der Waals surface area contributed by atoms with Crippen molar-refractivity contribution < 1.29 is 15.0 Å². The molecule has 0 unspecified atom stereocenters. The molecule has 6 nitrogen and oxygen atoms in total. The average molecular weight is 372 g/mol. The van der Waals surface area contributed by atoms with E-state index in [1.54, 1.807) is 12.3 Å². The Balaban J connectivity index is 1.86. The summed E-state index contributed by atoms with van der Waals surface area (Å²) in [6.45, 7) is 0.325. The lowest BCUT2D eigenvalue weighted by atomic mass is 10.0. The summed E-state index contributed by atoms with van der Waals surface area (Å²) in [6, 6.07) is 9.64. The summed E-state index contributed by atoms with van der Waals surface area (Å²) < 4.78 is 2.01. The largest absolute Gasteiger partial charge is 0.550 e. The van der Waals surface area contributed by atoms with E-state index in [2.05, 4.69) is 10.2 Å². The zero-order valence-electron chi connectivity index (χ0n) is 13.1. The van der Waals surface area contributed by atoms with Gasteiger partial charge in [0.15, 0.2) is 3.95 Å². The smallest absolute Gasteiger partial charge is 0.210 e. The quantitative estimate of drug-likeness (QED) is 0.789. The molecule has 3 rings (SSSR count). The number of aromatic hydroxyl groups is 1. The summed E-state index contributed by atoms with van der Waals surface area (Å²) in [6.07, 6.45) is 3.68. The van der Waals surface area contributed by atoms with E-state index < -0.39 is 5.97 Å². The van der Waals surface area contributed by atoms with Crippen molar-refractivity contribution in [2.75, 3.05) is 0 Å². The van der Waals surface area contributed by atoms with Crippen molar-refractivity contribution >= 4 is 47.5 Å². The van der Waals surface area contributed by atoms with Crippen molar-refractivity contribution in [1.82, 2.24) is 4.57 Å². The topological polar surface area (TPSA) is 90.0 Å². The fourth-order valence-electron chi connectivity index (χ4n) is 2.42. The van der Waals surface area contributed by atoms with Crippen LogP contribution in [0.5, 0.6) is 5.88 Å². The Labute approximate surface area is 153 Å². The van der Waals surface area contributed by atoms with Crippen LogP contribution in [0.4, 0.5) is 0 Å². The van der Waals surface area contributed by atoms with Crippen molar-refractivity contribution in [3.8, 4) is 5.88 Å².